The molecule has 0 spiro atoms. The van der Waals surface area contributed by atoms with E-state index in [-0.39, 0.29) is 10.9 Å². The van der Waals surface area contributed by atoms with E-state index >= 15 is 0 Å². The van der Waals surface area contributed by atoms with Gasteiger partial charge in [-0.2, -0.15) is 5.10 Å². The summed E-state index contributed by atoms with van der Waals surface area (Å²) in [4.78, 5) is 16.6. The number of aromatic nitrogens is 3. The van der Waals surface area contributed by atoms with Gasteiger partial charge in [-0.3, -0.25) is 14.9 Å². The van der Waals surface area contributed by atoms with Crippen molar-refractivity contribution >= 4 is 39.8 Å². The lowest BCUT2D eigenvalue weighted by Crippen LogP contribution is -2.17. The van der Waals surface area contributed by atoms with Gasteiger partial charge in [0.05, 0.1) is 17.3 Å². The fourth-order valence-electron chi connectivity index (χ4n) is 1.97. The van der Waals surface area contributed by atoms with Crippen molar-refractivity contribution in [3.63, 3.8) is 0 Å². The van der Waals surface area contributed by atoms with Crippen LogP contribution in [-0.2, 0) is 0 Å². The number of nitrogens with one attached hydrogen (secondary N) is 2. The number of carbonyl (C=O) groups is 1. The SMILES string of the molecule is NC(=S)c1cn[nH]c1NC(=O)c1ccc2ncccc2c1. The first kappa shape index (κ1) is 13.2. The lowest BCUT2D eigenvalue weighted by atomic mass is 10.1. The van der Waals surface area contributed by atoms with E-state index in [2.05, 4.69) is 20.5 Å². The quantitative estimate of drug-likeness (QED) is 0.641. The third-order valence-electron chi connectivity index (χ3n) is 3.01. The Hall–Kier alpha value is -2.80. The molecule has 0 aliphatic rings. The molecule has 6 nitrogen and oxygen atoms in total. The highest BCUT2D eigenvalue weighted by Gasteiger charge is 2.12. The van der Waals surface area contributed by atoms with Crippen molar-refractivity contribution in [3.8, 4) is 0 Å². The number of rotatable bonds is 3. The number of nitrogens with zero attached hydrogens (tertiary/aromatic N) is 2. The van der Waals surface area contributed by atoms with Crippen molar-refractivity contribution in [3.05, 3.63) is 53.9 Å². The van der Waals surface area contributed by atoms with Crippen LogP contribution in [0.4, 0.5) is 5.82 Å². The van der Waals surface area contributed by atoms with Crippen LogP contribution < -0.4 is 11.1 Å². The molecule has 3 rings (SSSR count). The maximum atomic E-state index is 12.3. The molecule has 0 unspecified atom stereocenters. The summed E-state index contributed by atoms with van der Waals surface area (Å²) >= 11 is 4.89. The number of hydrogen-bond acceptors (Lipinski definition) is 4. The minimum atomic E-state index is -0.275. The summed E-state index contributed by atoms with van der Waals surface area (Å²) in [5, 5.41) is 10.1. The van der Waals surface area contributed by atoms with Crippen molar-refractivity contribution in [2.24, 2.45) is 5.73 Å². The fraction of sp³-hybridized carbons (Fsp3) is 0. The normalized spacial score (nSPS) is 10.5. The highest BCUT2D eigenvalue weighted by molar-refractivity contribution is 7.80. The fourth-order valence-corrected chi connectivity index (χ4v) is 2.13. The number of carbonyl (C=O) groups excluding carboxylic acids is 1. The van der Waals surface area contributed by atoms with Crippen LogP contribution in [-0.4, -0.2) is 26.1 Å². The van der Waals surface area contributed by atoms with Gasteiger partial charge in [-0.1, -0.05) is 18.3 Å². The molecule has 1 aromatic carbocycles. The molecule has 0 atom stereocenters. The minimum absolute atomic E-state index is 0.168. The average molecular weight is 297 g/mol. The number of thiocarbonyl (C=S) groups is 1. The second-order valence-corrected chi connectivity index (χ2v) is 4.83. The first-order valence-corrected chi connectivity index (χ1v) is 6.55. The van der Waals surface area contributed by atoms with Gasteiger partial charge in [-0.15, -0.1) is 0 Å². The topological polar surface area (TPSA) is 96.7 Å². The van der Waals surface area contributed by atoms with E-state index < -0.39 is 0 Å². The second kappa shape index (κ2) is 5.29. The zero-order chi connectivity index (χ0) is 14.8. The number of aromatic amines is 1. The van der Waals surface area contributed by atoms with Crippen LogP contribution in [0.2, 0.25) is 0 Å². The molecule has 0 saturated heterocycles. The molecular weight excluding hydrogens is 286 g/mol. The largest absolute Gasteiger partial charge is 0.389 e. The molecule has 0 aliphatic heterocycles. The summed E-state index contributed by atoms with van der Waals surface area (Å²) in [5.41, 5.74) is 7.41. The number of H-pyrrole nitrogens is 1. The van der Waals surface area contributed by atoms with Crippen molar-refractivity contribution < 1.29 is 4.79 Å². The van der Waals surface area contributed by atoms with E-state index in [1.807, 2.05) is 12.1 Å². The van der Waals surface area contributed by atoms with Crippen molar-refractivity contribution in [2.75, 3.05) is 5.32 Å². The predicted molar refractivity (Wildman–Crippen MR) is 84.2 cm³/mol. The Labute approximate surface area is 125 Å². The predicted octanol–water partition coefficient (Wildman–Crippen LogP) is 1.84. The van der Waals surface area contributed by atoms with Crippen LogP contribution in [0.25, 0.3) is 10.9 Å². The monoisotopic (exact) mass is 297 g/mol. The van der Waals surface area contributed by atoms with E-state index in [9.17, 15) is 4.79 Å². The number of pyridine rings is 1. The van der Waals surface area contributed by atoms with Gasteiger partial charge >= 0.3 is 0 Å². The molecule has 104 valence electrons. The van der Waals surface area contributed by atoms with Gasteiger partial charge in [-0.05, 0) is 24.3 Å². The van der Waals surface area contributed by atoms with Crippen LogP contribution in [0.5, 0.6) is 0 Å². The Kier molecular flexibility index (Phi) is 3.33. The van der Waals surface area contributed by atoms with Crippen LogP contribution in [0.3, 0.4) is 0 Å². The first-order valence-electron chi connectivity index (χ1n) is 6.14. The summed E-state index contributed by atoms with van der Waals surface area (Å²) in [6.07, 6.45) is 3.18. The Morgan fingerprint density at radius 2 is 2.19 bits per heavy atom. The summed E-state index contributed by atoms with van der Waals surface area (Å²) in [7, 11) is 0. The van der Waals surface area contributed by atoms with Crippen LogP contribution in [0.1, 0.15) is 15.9 Å². The van der Waals surface area contributed by atoms with Gasteiger partial charge < -0.3 is 11.1 Å². The molecule has 0 bridgehead atoms. The summed E-state index contributed by atoms with van der Waals surface area (Å²) in [6.45, 7) is 0. The van der Waals surface area contributed by atoms with Crippen molar-refractivity contribution in [2.45, 2.75) is 0 Å². The first-order chi connectivity index (χ1) is 10.1. The molecule has 1 amide bonds. The number of fused-ring (bicyclic) bond motifs is 1. The van der Waals surface area contributed by atoms with Gasteiger partial charge in [0, 0.05) is 17.1 Å². The number of hydrogen-bond donors (Lipinski definition) is 3. The Morgan fingerprint density at radius 3 is 3.00 bits per heavy atom. The zero-order valence-corrected chi connectivity index (χ0v) is 11.6. The molecule has 2 aromatic heterocycles. The Morgan fingerprint density at radius 1 is 1.33 bits per heavy atom. The highest BCUT2D eigenvalue weighted by atomic mass is 32.1. The zero-order valence-electron chi connectivity index (χ0n) is 10.8. The molecule has 0 saturated carbocycles. The average Bonchev–Trinajstić information content (AvgIpc) is 2.95. The van der Waals surface area contributed by atoms with Gasteiger partial charge in [-0.25, -0.2) is 0 Å². The van der Waals surface area contributed by atoms with Gasteiger partial charge in [0.15, 0.2) is 0 Å². The van der Waals surface area contributed by atoms with Gasteiger partial charge in [0.2, 0.25) is 0 Å². The molecular formula is C14H11N5OS. The summed E-state index contributed by atoms with van der Waals surface area (Å²) in [6, 6.07) is 9.00. The summed E-state index contributed by atoms with van der Waals surface area (Å²) in [5.74, 6) is 0.112. The van der Waals surface area contributed by atoms with E-state index in [0.717, 1.165) is 10.9 Å². The lowest BCUT2D eigenvalue weighted by molar-refractivity contribution is 0.102. The smallest absolute Gasteiger partial charge is 0.256 e. The number of anilines is 1. The van der Waals surface area contributed by atoms with Crippen molar-refractivity contribution in [1.29, 1.82) is 0 Å². The lowest BCUT2D eigenvalue weighted by Gasteiger charge is -2.06. The number of nitrogens with two attached hydrogens (primary N) is 1. The molecule has 0 aliphatic carbocycles. The Bertz CT molecular complexity index is 842. The summed E-state index contributed by atoms with van der Waals surface area (Å²) < 4.78 is 0. The molecule has 7 heteroatoms. The van der Waals surface area contributed by atoms with Crippen LogP contribution >= 0.6 is 12.2 Å². The molecule has 0 radical (unpaired) electrons. The van der Waals surface area contributed by atoms with Crippen LogP contribution in [0.15, 0.2) is 42.7 Å². The van der Waals surface area contributed by atoms with E-state index in [1.165, 1.54) is 6.20 Å². The van der Waals surface area contributed by atoms with Gasteiger partial charge in [0.25, 0.3) is 5.91 Å². The van der Waals surface area contributed by atoms with E-state index in [0.29, 0.717) is 16.9 Å². The second-order valence-electron chi connectivity index (χ2n) is 4.39. The third-order valence-corrected chi connectivity index (χ3v) is 3.23. The number of benzene rings is 1. The van der Waals surface area contributed by atoms with E-state index in [4.69, 9.17) is 18.0 Å². The minimum Gasteiger partial charge on any atom is -0.389 e. The standard InChI is InChI=1S/C14H11N5OS/c15-12(21)10-7-17-19-13(10)18-14(20)9-3-4-11-8(6-9)2-1-5-16-11/h1-7H,(H2,15,21)(H2,17,18,19,20). The maximum absolute atomic E-state index is 12.3. The van der Waals surface area contributed by atoms with Crippen molar-refractivity contribution in [1.82, 2.24) is 15.2 Å². The van der Waals surface area contributed by atoms with Crippen LogP contribution in [0, 0.1) is 0 Å². The molecule has 4 N–H and O–H groups in total. The molecule has 0 fully saturated rings. The molecule has 21 heavy (non-hydrogen) atoms. The molecule has 2 heterocycles. The maximum Gasteiger partial charge on any atom is 0.256 e. The third kappa shape index (κ3) is 2.59. The highest BCUT2D eigenvalue weighted by Crippen LogP contribution is 2.16. The Balaban J connectivity index is 1.90. The van der Waals surface area contributed by atoms with Gasteiger partial charge in [0.1, 0.15) is 10.8 Å². The molecule has 3 aromatic rings. The van der Waals surface area contributed by atoms with E-state index in [1.54, 1.807) is 24.4 Å². The number of amides is 1.